The maximum Gasteiger partial charge on any atom is 0.179 e. The van der Waals surface area contributed by atoms with Gasteiger partial charge in [0.1, 0.15) is 6.61 Å². The molecule has 0 saturated carbocycles. The second kappa shape index (κ2) is 5.40. The fourth-order valence-corrected chi connectivity index (χ4v) is 2.50. The number of ether oxygens (including phenoxy) is 1. The van der Waals surface area contributed by atoms with Gasteiger partial charge in [-0.1, -0.05) is 6.42 Å². The highest BCUT2D eigenvalue weighted by Crippen LogP contribution is 2.17. The summed E-state index contributed by atoms with van der Waals surface area (Å²) in [5, 5.41) is 0. The molecule has 0 radical (unpaired) electrons. The second-order valence-corrected chi connectivity index (χ2v) is 4.78. The first-order chi connectivity index (χ1) is 8.93. The third-order valence-corrected chi connectivity index (χ3v) is 3.50. The van der Waals surface area contributed by atoms with E-state index < -0.39 is 0 Å². The molecule has 2 aromatic rings. The number of hydrogen-bond acceptors (Lipinski definition) is 3. The number of imidazole rings is 1. The molecule has 0 bridgehead atoms. The van der Waals surface area contributed by atoms with Crippen LogP contribution in [0.4, 0.5) is 0 Å². The molecule has 18 heavy (non-hydrogen) atoms. The van der Waals surface area contributed by atoms with Crippen molar-refractivity contribution in [2.45, 2.75) is 19.3 Å². The first-order valence-electron chi connectivity index (χ1n) is 6.70. The van der Waals surface area contributed by atoms with Gasteiger partial charge < -0.3 is 9.14 Å². The highest BCUT2D eigenvalue weighted by molar-refractivity contribution is 5.53. The van der Waals surface area contributed by atoms with E-state index in [0.717, 1.165) is 24.5 Å². The average Bonchev–Trinajstić information content (AvgIpc) is 2.89. The minimum absolute atomic E-state index is 0.743. The van der Waals surface area contributed by atoms with Gasteiger partial charge in [0.05, 0.1) is 0 Å². The van der Waals surface area contributed by atoms with Gasteiger partial charge in [0.2, 0.25) is 0 Å². The second-order valence-electron chi connectivity index (χ2n) is 4.78. The fourth-order valence-electron chi connectivity index (χ4n) is 2.50. The number of likely N-dealkylation sites (tertiary alicyclic amines) is 1. The van der Waals surface area contributed by atoms with Crippen LogP contribution < -0.4 is 4.74 Å². The van der Waals surface area contributed by atoms with E-state index in [1.807, 2.05) is 28.9 Å². The topological polar surface area (TPSA) is 29.8 Å². The molecular formula is C14H19N3O. The highest BCUT2D eigenvalue weighted by Gasteiger charge is 2.10. The Labute approximate surface area is 107 Å². The molecule has 3 heterocycles. The zero-order valence-corrected chi connectivity index (χ0v) is 10.6. The minimum atomic E-state index is 0.743. The fraction of sp³-hybridized carbons (Fsp3) is 0.500. The normalized spacial score (nSPS) is 17.1. The minimum Gasteiger partial charge on any atom is -0.488 e. The van der Waals surface area contributed by atoms with Gasteiger partial charge in [0.15, 0.2) is 11.4 Å². The zero-order chi connectivity index (χ0) is 12.2. The Morgan fingerprint density at radius 3 is 2.94 bits per heavy atom. The van der Waals surface area contributed by atoms with Crippen LogP contribution >= 0.6 is 0 Å². The monoisotopic (exact) mass is 245 g/mol. The Bertz CT molecular complexity index is 502. The smallest absolute Gasteiger partial charge is 0.179 e. The van der Waals surface area contributed by atoms with E-state index in [1.165, 1.54) is 32.4 Å². The van der Waals surface area contributed by atoms with Crippen molar-refractivity contribution in [3.63, 3.8) is 0 Å². The predicted molar refractivity (Wildman–Crippen MR) is 71.0 cm³/mol. The summed E-state index contributed by atoms with van der Waals surface area (Å²) in [4.78, 5) is 6.79. The Balaban J connectivity index is 1.57. The molecule has 4 heteroatoms. The standard InChI is InChI=1S/C14H19N3O/c1-2-7-16(8-3-1)11-12-18-13-5-4-9-17-10-6-15-14(13)17/h4-6,9-10H,1-3,7-8,11-12H2. The maximum atomic E-state index is 5.86. The van der Waals surface area contributed by atoms with E-state index in [9.17, 15) is 0 Å². The van der Waals surface area contributed by atoms with Crippen LogP contribution in [0.25, 0.3) is 5.65 Å². The lowest BCUT2D eigenvalue weighted by Gasteiger charge is -2.26. The molecule has 1 aliphatic heterocycles. The van der Waals surface area contributed by atoms with Crippen molar-refractivity contribution >= 4 is 5.65 Å². The van der Waals surface area contributed by atoms with Gasteiger partial charge >= 0.3 is 0 Å². The number of fused-ring (bicyclic) bond motifs is 1. The van der Waals surface area contributed by atoms with E-state index in [2.05, 4.69) is 9.88 Å². The number of nitrogens with zero attached hydrogens (tertiary/aromatic N) is 3. The molecule has 1 aliphatic rings. The molecule has 96 valence electrons. The van der Waals surface area contributed by atoms with Gasteiger partial charge in [-0.25, -0.2) is 4.98 Å². The molecule has 1 saturated heterocycles. The van der Waals surface area contributed by atoms with Crippen LogP contribution in [0.2, 0.25) is 0 Å². The van der Waals surface area contributed by atoms with Crippen LogP contribution in [0.15, 0.2) is 30.7 Å². The van der Waals surface area contributed by atoms with Crippen molar-refractivity contribution in [2.75, 3.05) is 26.2 Å². The van der Waals surface area contributed by atoms with Crippen molar-refractivity contribution in [3.05, 3.63) is 30.7 Å². The number of aromatic nitrogens is 2. The van der Waals surface area contributed by atoms with Crippen molar-refractivity contribution < 1.29 is 4.74 Å². The van der Waals surface area contributed by atoms with Gasteiger partial charge in [0, 0.05) is 25.1 Å². The maximum absolute atomic E-state index is 5.86. The van der Waals surface area contributed by atoms with Gasteiger partial charge in [0.25, 0.3) is 0 Å². The number of pyridine rings is 1. The van der Waals surface area contributed by atoms with Crippen molar-refractivity contribution in [2.24, 2.45) is 0 Å². The predicted octanol–water partition coefficient (Wildman–Crippen LogP) is 2.20. The third-order valence-electron chi connectivity index (χ3n) is 3.50. The lowest BCUT2D eigenvalue weighted by Crippen LogP contribution is -2.33. The lowest BCUT2D eigenvalue weighted by molar-refractivity contribution is 0.184. The molecule has 3 rings (SSSR count). The summed E-state index contributed by atoms with van der Waals surface area (Å²) in [6, 6.07) is 3.98. The molecule has 0 spiro atoms. The molecular weight excluding hydrogens is 226 g/mol. The van der Waals surface area contributed by atoms with Crippen molar-refractivity contribution in [1.29, 1.82) is 0 Å². The molecule has 0 aromatic carbocycles. The Morgan fingerprint density at radius 2 is 2.06 bits per heavy atom. The Hall–Kier alpha value is -1.55. The van der Waals surface area contributed by atoms with Crippen molar-refractivity contribution in [3.8, 4) is 5.75 Å². The van der Waals surface area contributed by atoms with Crippen LogP contribution in [-0.4, -0.2) is 40.5 Å². The van der Waals surface area contributed by atoms with E-state index >= 15 is 0 Å². The summed E-state index contributed by atoms with van der Waals surface area (Å²) < 4.78 is 7.84. The van der Waals surface area contributed by atoms with E-state index in [4.69, 9.17) is 4.74 Å². The van der Waals surface area contributed by atoms with E-state index in [1.54, 1.807) is 6.20 Å². The van der Waals surface area contributed by atoms with Crippen LogP contribution in [0.3, 0.4) is 0 Å². The first-order valence-corrected chi connectivity index (χ1v) is 6.70. The largest absolute Gasteiger partial charge is 0.488 e. The summed E-state index contributed by atoms with van der Waals surface area (Å²) in [5.41, 5.74) is 0.899. The third kappa shape index (κ3) is 2.48. The summed E-state index contributed by atoms with van der Waals surface area (Å²) in [5.74, 6) is 0.875. The molecule has 0 unspecified atom stereocenters. The van der Waals surface area contributed by atoms with E-state index in [-0.39, 0.29) is 0 Å². The molecule has 1 fully saturated rings. The van der Waals surface area contributed by atoms with Gasteiger partial charge in [-0.3, -0.25) is 4.90 Å². The zero-order valence-electron chi connectivity index (χ0n) is 10.6. The quantitative estimate of drug-likeness (QED) is 0.827. The molecule has 0 amide bonds. The molecule has 0 atom stereocenters. The lowest BCUT2D eigenvalue weighted by atomic mass is 10.1. The van der Waals surface area contributed by atoms with Crippen LogP contribution in [-0.2, 0) is 0 Å². The van der Waals surface area contributed by atoms with Gasteiger partial charge in [-0.2, -0.15) is 0 Å². The Morgan fingerprint density at radius 1 is 1.17 bits per heavy atom. The molecule has 0 N–H and O–H groups in total. The van der Waals surface area contributed by atoms with Crippen LogP contribution in [0, 0.1) is 0 Å². The average molecular weight is 245 g/mol. The summed E-state index contributed by atoms with van der Waals surface area (Å²) >= 11 is 0. The molecule has 4 nitrogen and oxygen atoms in total. The van der Waals surface area contributed by atoms with Crippen LogP contribution in [0.5, 0.6) is 5.75 Å². The van der Waals surface area contributed by atoms with E-state index in [0.29, 0.717) is 0 Å². The number of rotatable bonds is 4. The summed E-state index contributed by atoms with van der Waals surface area (Å²) in [7, 11) is 0. The molecule has 2 aromatic heterocycles. The summed E-state index contributed by atoms with van der Waals surface area (Å²) in [6.45, 7) is 4.20. The Kier molecular flexibility index (Phi) is 3.46. The SMILES string of the molecule is c1cc(OCCN2CCCCC2)c2nccn2c1. The molecule has 0 aliphatic carbocycles. The van der Waals surface area contributed by atoms with Crippen molar-refractivity contribution in [1.82, 2.24) is 14.3 Å². The van der Waals surface area contributed by atoms with Crippen LogP contribution in [0.1, 0.15) is 19.3 Å². The summed E-state index contributed by atoms with van der Waals surface area (Å²) in [6.07, 6.45) is 9.76. The highest BCUT2D eigenvalue weighted by atomic mass is 16.5. The van der Waals surface area contributed by atoms with Gasteiger partial charge in [-0.05, 0) is 38.1 Å². The number of hydrogen-bond donors (Lipinski definition) is 0. The number of piperidine rings is 1. The van der Waals surface area contributed by atoms with Gasteiger partial charge in [-0.15, -0.1) is 0 Å². The first kappa shape index (κ1) is 11.5.